The molecular weight excluding hydrogens is 287 g/mol. The average Bonchev–Trinajstić information content (AvgIpc) is 2.27. The summed E-state index contributed by atoms with van der Waals surface area (Å²) < 4.78 is 0. The van der Waals surface area contributed by atoms with Crippen LogP contribution in [0.4, 0.5) is 5.69 Å². The predicted molar refractivity (Wildman–Crippen MR) is 84.8 cm³/mol. The number of anilines is 1. The van der Waals surface area contributed by atoms with Gasteiger partial charge in [0, 0.05) is 28.8 Å². The summed E-state index contributed by atoms with van der Waals surface area (Å²) in [5.41, 5.74) is 0.828. The van der Waals surface area contributed by atoms with Crippen LogP contribution in [0.25, 0.3) is 0 Å². The Labute approximate surface area is 124 Å². The number of hydrogen-bond donors (Lipinski definition) is 1. The van der Waals surface area contributed by atoms with Crippen molar-refractivity contribution in [1.82, 2.24) is 4.90 Å². The first-order chi connectivity index (χ1) is 8.56. The minimum atomic E-state index is 0.602. The van der Waals surface area contributed by atoms with Gasteiger partial charge in [0.1, 0.15) is 0 Å². The molecule has 0 aliphatic heterocycles. The largest absolute Gasteiger partial charge is 0.349 e. The van der Waals surface area contributed by atoms with E-state index in [9.17, 15) is 0 Å². The van der Waals surface area contributed by atoms with Gasteiger partial charge in [-0.15, -0.1) is 0 Å². The van der Waals surface area contributed by atoms with Crippen molar-refractivity contribution >= 4 is 46.2 Å². The summed E-state index contributed by atoms with van der Waals surface area (Å²) in [5.74, 6) is 0. The molecule has 0 saturated carbocycles. The minimum absolute atomic E-state index is 0.602. The molecule has 1 aromatic rings. The monoisotopic (exact) mass is 304 g/mol. The highest BCUT2D eigenvalue weighted by Crippen LogP contribution is 2.22. The Kier molecular flexibility index (Phi) is 6.76. The highest BCUT2D eigenvalue weighted by Gasteiger charge is 2.08. The normalized spacial score (nSPS) is 10.2. The van der Waals surface area contributed by atoms with E-state index in [-0.39, 0.29) is 0 Å². The second-order valence-corrected chi connectivity index (χ2v) is 5.33. The number of nitrogens with one attached hydrogen (secondary N) is 1. The van der Waals surface area contributed by atoms with Crippen LogP contribution in [0.3, 0.4) is 0 Å². The summed E-state index contributed by atoms with van der Waals surface area (Å²) in [6.45, 7) is 6.19. The second-order valence-electron chi connectivity index (χ2n) is 4.08. The maximum Gasteiger partial charge on any atom is 0.173 e. The van der Waals surface area contributed by atoms with Crippen molar-refractivity contribution in [2.75, 3.05) is 18.4 Å². The zero-order valence-corrected chi connectivity index (χ0v) is 13.0. The fourth-order valence-electron chi connectivity index (χ4n) is 1.68. The summed E-state index contributed by atoms with van der Waals surface area (Å²) in [6, 6.07) is 5.33. The van der Waals surface area contributed by atoms with Gasteiger partial charge in [-0.2, -0.15) is 0 Å². The number of hydrogen-bond acceptors (Lipinski definition) is 1. The van der Waals surface area contributed by atoms with Crippen LogP contribution in [-0.4, -0.2) is 23.1 Å². The van der Waals surface area contributed by atoms with Crippen LogP contribution in [0.15, 0.2) is 18.2 Å². The van der Waals surface area contributed by atoms with E-state index < -0.39 is 0 Å². The highest BCUT2D eigenvalue weighted by atomic mass is 35.5. The van der Waals surface area contributed by atoms with E-state index in [0.29, 0.717) is 10.0 Å². The molecule has 0 amide bonds. The fraction of sp³-hybridized carbons (Fsp3) is 0.462. The first-order valence-electron chi connectivity index (χ1n) is 6.08. The molecule has 0 saturated heterocycles. The smallest absolute Gasteiger partial charge is 0.173 e. The topological polar surface area (TPSA) is 15.3 Å². The highest BCUT2D eigenvalue weighted by molar-refractivity contribution is 7.80. The summed E-state index contributed by atoms with van der Waals surface area (Å²) in [7, 11) is 0. The van der Waals surface area contributed by atoms with Crippen molar-refractivity contribution < 1.29 is 0 Å². The lowest BCUT2D eigenvalue weighted by molar-refractivity contribution is 0.423. The van der Waals surface area contributed by atoms with Crippen LogP contribution in [0.1, 0.15) is 26.7 Å². The standard InChI is InChI=1S/C13H18Cl2N2S/c1-3-5-17(6-4-2)13(18)16-12-8-10(14)7-11(15)9-12/h7-9H,3-6H2,1-2H3,(H,16,18). The van der Waals surface area contributed by atoms with E-state index in [1.54, 1.807) is 6.07 Å². The molecule has 0 bridgehead atoms. The van der Waals surface area contributed by atoms with Crippen molar-refractivity contribution in [2.45, 2.75) is 26.7 Å². The molecule has 0 aliphatic carbocycles. The third-order valence-corrected chi connectivity index (χ3v) is 3.18. The van der Waals surface area contributed by atoms with Crippen LogP contribution < -0.4 is 5.32 Å². The first-order valence-corrected chi connectivity index (χ1v) is 7.25. The summed E-state index contributed by atoms with van der Waals surface area (Å²) >= 11 is 17.3. The van der Waals surface area contributed by atoms with Gasteiger partial charge in [0.05, 0.1) is 0 Å². The molecule has 1 aromatic carbocycles. The van der Waals surface area contributed by atoms with Crippen LogP contribution in [0.5, 0.6) is 0 Å². The van der Waals surface area contributed by atoms with Gasteiger partial charge in [-0.05, 0) is 43.3 Å². The number of nitrogens with zero attached hydrogens (tertiary/aromatic N) is 1. The SMILES string of the molecule is CCCN(CCC)C(=S)Nc1cc(Cl)cc(Cl)c1. The summed E-state index contributed by atoms with van der Waals surface area (Å²) in [4.78, 5) is 2.16. The third-order valence-electron chi connectivity index (χ3n) is 2.39. The number of benzene rings is 1. The van der Waals surface area contributed by atoms with Crippen LogP contribution in [0, 0.1) is 0 Å². The zero-order chi connectivity index (χ0) is 13.5. The van der Waals surface area contributed by atoms with E-state index in [1.807, 2.05) is 12.1 Å². The number of rotatable bonds is 5. The van der Waals surface area contributed by atoms with E-state index in [0.717, 1.165) is 36.7 Å². The van der Waals surface area contributed by atoms with Crippen LogP contribution in [0.2, 0.25) is 10.0 Å². The Morgan fingerprint density at radius 1 is 1.11 bits per heavy atom. The Hall–Kier alpha value is -0.510. The zero-order valence-electron chi connectivity index (χ0n) is 10.7. The van der Waals surface area contributed by atoms with Gasteiger partial charge in [-0.3, -0.25) is 0 Å². The molecule has 0 atom stereocenters. The third kappa shape index (κ3) is 5.01. The average molecular weight is 305 g/mol. The van der Waals surface area contributed by atoms with Crippen LogP contribution in [-0.2, 0) is 0 Å². The van der Waals surface area contributed by atoms with Gasteiger partial charge in [0.25, 0.3) is 0 Å². The summed E-state index contributed by atoms with van der Waals surface area (Å²) in [5, 5.41) is 5.11. The van der Waals surface area contributed by atoms with Gasteiger partial charge >= 0.3 is 0 Å². The van der Waals surface area contributed by atoms with Crippen molar-refractivity contribution in [3.05, 3.63) is 28.2 Å². The maximum absolute atomic E-state index is 5.95. The van der Waals surface area contributed by atoms with Crippen LogP contribution >= 0.6 is 35.4 Å². The second kappa shape index (κ2) is 7.82. The molecule has 0 aliphatic rings. The maximum atomic E-state index is 5.95. The Morgan fingerprint density at radius 3 is 2.06 bits per heavy atom. The predicted octanol–water partition coefficient (Wildman–Crippen LogP) is 4.81. The fourth-order valence-corrected chi connectivity index (χ4v) is 2.51. The molecule has 2 nitrogen and oxygen atoms in total. The minimum Gasteiger partial charge on any atom is -0.349 e. The van der Waals surface area contributed by atoms with Crippen molar-refractivity contribution in [1.29, 1.82) is 0 Å². The number of halogens is 2. The molecule has 0 heterocycles. The van der Waals surface area contributed by atoms with E-state index >= 15 is 0 Å². The van der Waals surface area contributed by atoms with Crippen molar-refractivity contribution in [3.63, 3.8) is 0 Å². The molecule has 0 radical (unpaired) electrons. The molecule has 0 spiro atoms. The van der Waals surface area contributed by atoms with Gasteiger partial charge in [-0.1, -0.05) is 37.0 Å². The molecule has 100 valence electrons. The van der Waals surface area contributed by atoms with Crippen molar-refractivity contribution in [3.8, 4) is 0 Å². The van der Waals surface area contributed by atoms with E-state index in [2.05, 4.69) is 24.1 Å². The molecule has 0 unspecified atom stereocenters. The van der Waals surface area contributed by atoms with Gasteiger partial charge in [0.2, 0.25) is 0 Å². The molecular formula is C13H18Cl2N2S. The lowest BCUT2D eigenvalue weighted by Gasteiger charge is -2.25. The van der Waals surface area contributed by atoms with E-state index in [4.69, 9.17) is 35.4 Å². The lowest BCUT2D eigenvalue weighted by atomic mass is 10.3. The molecule has 18 heavy (non-hydrogen) atoms. The summed E-state index contributed by atoms with van der Waals surface area (Å²) in [6.07, 6.45) is 2.14. The molecule has 0 fully saturated rings. The Balaban J connectivity index is 2.72. The molecule has 1 N–H and O–H groups in total. The van der Waals surface area contributed by atoms with Crippen molar-refractivity contribution in [2.24, 2.45) is 0 Å². The lowest BCUT2D eigenvalue weighted by Crippen LogP contribution is -2.35. The molecule has 0 aromatic heterocycles. The first kappa shape index (κ1) is 15.5. The van der Waals surface area contributed by atoms with E-state index in [1.165, 1.54) is 0 Å². The molecule has 5 heteroatoms. The molecule has 1 rings (SSSR count). The Bertz CT molecular complexity index is 384. The Morgan fingerprint density at radius 2 is 1.61 bits per heavy atom. The number of thiocarbonyl (C=S) groups is 1. The van der Waals surface area contributed by atoms with Gasteiger partial charge in [0.15, 0.2) is 5.11 Å². The van der Waals surface area contributed by atoms with Gasteiger partial charge < -0.3 is 10.2 Å². The quantitative estimate of drug-likeness (QED) is 0.786. The van der Waals surface area contributed by atoms with Gasteiger partial charge in [-0.25, -0.2) is 0 Å².